The van der Waals surface area contributed by atoms with E-state index in [-0.39, 0.29) is 35.8 Å². The van der Waals surface area contributed by atoms with Gasteiger partial charge in [0.2, 0.25) is 0 Å². The van der Waals surface area contributed by atoms with Gasteiger partial charge >= 0.3 is 24.8 Å². The molecule has 0 aliphatic rings. The molecule has 1 N–H and O–H groups in total. The van der Waals surface area contributed by atoms with E-state index in [0.29, 0.717) is 6.42 Å². The SMILES string of the molecule is CCCCC(=O)O.[Br-].[Li+]. The maximum atomic E-state index is 9.76. The Morgan fingerprint density at radius 1 is 1.56 bits per heavy atom. The Kier molecular flexibility index (Phi) is 20.5. The minimum absolute atomic E-state index is 0. The molecule has 0 saturated carbocycles. The first kappa shape index (κ1) is 16.3. The smallest absolute Gasteiger partial charge is 1.00 e. The van der Waals surface area contributed by atoms with Crippen LogP contribution in [0, 0.1) is 0 Å². The van der Waals surface area contributed by atoms with E-state index < -0.39 is 5.97 Å². The summed E-state index contributed by atoms with van der Waals surface area (Å²) in [6, 6.07) is 0. The maximum absolute atomic E-state index is 9.76. The van der Waals surface area contributed by atoms with Crippen molar-refractivity contribution in [2.45, 2.75) is 26.2 Å². The number of carbonyl (C=O) groups is 1. The summed E-state index contributed by atoms with van der Waals surface area (Å²) in [6.45, 7) is 1.98. The second-order valence-corrected chi connectivity index (χ2v) is 1.50. The first-order valence-corrected chi connectivity index (χ1v) is 2.49. The zero-order valence-corrected chi connectivity index (χ0v) is 7.44. The molecular formula is C5H10BrLiO2. The first-order valence-electron chi connectivity index (χ1n) is 2.49. The Morgan fingerprint density at radius 3 is 2.11 bits per heavy atom. The van der Waals surface area contributed by atoms with Crippen molar-refractivity contribution in [1.82, 2.24) is 0 Å². The number of hydrogen-bond donors (Lipinski definition) is 1. The van der Waals surface area contributed by atoms with E-state index in [1.165, 1.54) is 0 Å². The second kappa shape index (κ2) is 11.4. The van der Waals surface area contributed by atoms with Gasteiger partial charge in [0, 0.05) is 6.42 Å². The molecule has 0 aromatic heterocycles. The fourth-order valence-electron chi connectivity index (χ4n) is 0.328. The molecule has 0 atom stereocenters. The molecule has 0 saturated heterocycles. The standard InChI is InChI=1S/C5H10O2.BrH.Li/c1-2-3-4-5(6)7;;/h2-4H2,1H3,(H,6,7);1H;/q;;+1/p-1. The fraction of sp³-hybridized carbons (Fsp3) is 0.800. The van der Waals surface area contributed by atoms with Crippen molar-refractivity contribution in [3.8, 4) is 0 Å². The molecule has 0 fully saturated rings. The van der Waals surface area contributed by atoms with Crippen LogP contribution in [0.25, 0.3) is 0 Å². The number of aliphatic carboxylic acids is 1. The summed E-state index contributed by atoms with van der Waals surface area (Å²) in [4.78, 5) is 9.76. The summed E-state index contributed by atoms with van der Waals surface area (Å²) in [6.07, 6.45) is 2.08. The van der Waals surface area contributed by atoms with Crippen LogP contribution in [0.15, 0.2) is 0 Å². The van der Waals surface area contributed by atoms with Gasteiger partial charge in [-0.2, -0.15) is 0 Å². The van der Waals surface area contributed by atoms with Gasteiger partial charge in [-0.15, -0.1) is 0 Å². The Hall–Kier alpha value is 0.547. The third kappa shape index (κ3) is 17.7. The quantitative estimate of drug-likeness (QED) is 0.453. The molecule has 0 spiro atoms. The molecule has 0 heterocycles. The Morgan fingerprint density at radius 2 is 2.00 bits per heavy atom. The average molecular weight is 189 g/mol. The van der Waals surface area contributed by atoms with Crippen molar-refractivity contribution < 1.29 is 45.7 Å². The first-order chi connectivity index (χ1) is 3.27. The van der Waals surface area contributed by atoms with Crippen LogP contribution in [0.2, 0.25) is 0 Å². The molecule has 0 aromatic rings. The largest absolute Gasteiger partial charge is 1.00 e. The van der Waals surface area contributed by atoms with E-state index in [2.05, 4.69) is 0 Å². The molecule has 0 aliphatic heterocycles. The van der Waals surface area contributed by atoms with Crippen LogP contribution in [0.4, 0.5) is 0 Å². The normalized spacial score (nSPS) is 6.78. The fourth-order valence-corrected chi connectivity index (χ4v) is 0.328. The van der Waals surface area contributed by atoms with Crippen LogP contribution in [-0.2, 0) is 4.79 Å². The molecule has 0 aromatic carbocycles. The molecule has 0 unspecified atom stereocenters. The molecule has 0 bridgehead atoms. The van der Waals surface area contributed by atoms with Gasteiger partial charge in [0.05, 0.1) is 0 Å². The van der Waals surface area contributed by atoms with E-state index in [4.69, 9.17) is 5.11 Å². The van der Waals surface area contributed by atoms with Gasteiger partial charge in [0.15, 0.2) is 0 Å². The summed E-state index contributed by atoms with van der Waals surface area (Å²) in [5.74, 6) is -0.693. The summed E-state index contributed by atoms with van der Waals surface area (Å²) in [5, 5.41) is 8.04. The Labute approximate surface area is 78.0 Å². The van der Waals surface area contributed by atoms with Gasteiger partial charge < -0.3 is 22.1 Å². The van der Waals surface area contributed by atoms with Gasteiger partial charge in [0.1, 0.15) is 0 Å². The maximum Gasteiger partial charge on any atom is 1.00 e. The van der Waals surface area contributed by atoms with E-state index in [1.807, 2.05) is 6.92 Å². The van der Waals surface area contributed by atoms with Crippen molar-refractivity contribution in [2.75, 3.05) is 0 Å². The summed E-state index contributed by atoms with van der Waals surface area (Å²) in [7, 11) is 0. The Balaban J connectivity index is -0.000000180. The van der Waals surface area contributed by atoms with Crippen molar-refractivity contribution in [3.05, 3.63) is 0 Å². The third-order valence-corrected chi connectivity index (χ3v) is 0.744. The molecule has 2 nitrogen and oxygen atoms in total. The van der Waals surface area contributed by atoms with E-state index in [0.717, 1.165) is 12.8 Å². The van der Waals surface area contributed by atoms with E-state index in [1.54, 1.807) is 0 Å². The number of hydrogen-bond acceptors (Lipinski definition) is 1. The molecule has 9 heavy (non-hydrogen) atoms. The van der Waals surface area contributed by atoms with Gasteiger partial charge in [0.25, 0.3) is 0 Å². The zero-order chi connectivity index (χ0) is 5.70. The number of carboxylic acid groups (broad SMARTS) is 1. The molecule has 4 heteroatoms. The van der Waals surface area contributed by atoms with Crippen molar-refractivity contribution in [2.24, 2.45) is 0 Å². The summed E-state index contributed by atoms with van der Waals surface area (Å²) in [5.41, 5.74) is 0. The van der Waals surface area contributed by atoms with Crippen LogP contribution in [0.3, 0.4) is 0 Å². The van der Waals surface area contributed by atoms with Crippen LogP contribution in [0.1, 0.15) is 26.2 Å². The number of halogens is 1. The average Bonchev–Trinajstić information content (AvgIpc) is 1.61. The van der Waals surface area contributed by atoms with Gasteiger partial charge in [-0.1, -0.05) is 13.3 Å². The van der Waals surface area contributed by atoms with E-state index >= 15 is 0 Å². The topological polar surface area (TPSA) is 37.3 Å². The molecule has 0 aliphatic carbocycles. The van der Waals surface area contributed by atoms with Crippen LogP contribution in [-0.4, -0.2) is 11.1 Å². The second-order valence-electron chi connectivity index (χ2n) is 1.50. The molecule has 0 radical (unpaired) electrons. The van der Waals surface area contributed by atoms with Crippen LogP contribution in [0.5, 0.6) is 0 Å². The molecular weight excluding hydrogens is 179 g/mol. The zero-order valence-electron chi connectivity index (χ0n) is 5.85. The monoisotopic (exact) mass is 188 g/mol. The summed E-state index contributed by atoms with van der Waals surface area (Å²) >= 11 is 0. The van der Waals surface area contributed by atoms with Gasteiger partial charge in [-0.05, 0) is 6.42 Å². The Bertz CT molecular complexity index is 68.0. The van der Waals surface area contributed by atoms with Gasteiger partial charge in [-0.25, -0.2) is 0 Å². The number of unbranched alkanes of at least 4 members (excludes halogenated alkanes) is 1. The van der Waals surface area contributed by atoms with Crippen molar-refractivity contribution in [3.63, 3.8) is 0 Å². The van der Waals surface area contributed by atoms with Crippen molar-refractivity contribution in [1.29, 1.82) is 0 Å². The molecule has 0 amide bonds. The number of rotatable bonds is 3. The van der Waals surface area contributed by atoms with Crippen molar-refractivity contribution >= 4 is 5.97 Å². The van der Waals surface area contributed by atoms with Crippen LogP contribution < -0.4 is 35.8 Å². The predicted octanol–water partition coefficient (Wildman–Crippen LogP) is -4.73. The third-order valence-electron chi connectivity index (χ3n) is 0.744. The summed E-state index contributed by atoms with van der Waals surface area (Å²) < 4.78 is 0. The molecule has 0 rings (SSSR count). The predicted molar refractivity (Wildman–Crippen MR) is 27.2 cm³/mol. The molecule has 50 valence electrons. The minimum atomic E-state index is -0.693. The number of carboxylic acids is 1. The van der Waals surface area contributed by atoms with Crippen LogP contribution >= 0.6 is 0 Å². The van der Waals surface area contributed by atoms with Gasteiger partial charge in [-0.3, -0.25) is 4.79 Å². The minimum Gasteiger partial charge on any atom is -1.00 e. The van der Waals surface area contributed by atoms with E-state index in [9.17, 15) is 4.79 Å².